The Labute approximate surface area is 102 Å². The third kappa shape index (κ3) is 2.43. The Morgan fingerprint density at radius 2 is 1.71 bits per heavy atom. The first-order valence-electron chi connectivity index (χ1n) is 5.82. The average molecular weight is 266 g/mol. The summed E-state index contributed by atoms with van der Waals surface area (Å²) < 4.78 is 22.6. The molecule has 0 aromatic heterocycles. The zero-order valence-electron chi connectivity index (χ0n) is 10.8. The molecule has 0 aliphatic carbocycles. The largest absolute Gasteiger partial charge is 0.379 e. The van der Waals surface area contributed by atoms with Crippen LogP contribution in [0.1, 0.15) is 40.5 Å². The maximum atomic E-state index is 12.5. The van der Waals surface area contributed by atoms with E-state index in [0.29, 0.717) is 11.5 Å². The van der Waals surface area contributed by atoms with E-state index >= 15 is 0 Å². The molecule has 101 valence electrons. The summed E-state index contributed by atoms with van der Waals surface area (Å²) in [5.74, 6) is 0. The maximum Gasteiger partial charge on any atom is 0.379 e. The van der Waals surface area contributed by atoms with Gasteiger partial charge in [-0.15, -0.1) is 10.3 Å². The van der Waals surface area contributed by atoms with E-state index in [1.165, 1.54) is 0 Å². The van der Waals surface area contributed by atoms with E-state index in [2.05, 4.69) is 0 Å². The third-order valence-corrected chi connectivity index (χ3v) is 5.46. The van der Waals surface area contributed by atoms with Crippen LogP contribution in [0.4, 0.5) is 0 Å². The van der Waals surface area contributed by atoms with Gasteiger partial charge in [-0.25, -0.2) is 0 Å². The Morgan fingerprint density at radius 3 is 2.00 bits per heavy atom. The fraction of sp³-hybridized carbons (Fsp3) is 1.00. The fourth-order valence-corrected chi connectivity index (χ4v) is 4.04. The summed E-state index contributed by atoms with van der Waals surface area (Å²) in [4.78, 5) is 0. The lowest BCUT2D eigenvalue weighted by molar-refractivity contribution is -0.287. The molecule has 1 atom stereocenters. The molecule has 0 aromatic carbocycles. The van der Waals surface area contributed by atoms with E-state index in [1.807, 2.05) is 0 Å². The van der Waals surface area contributed by atoms with Crippen molar-refractivity contribution in [1.82, 2.24) is 5.06 Å². The van der Waals surface area contributed by atoms with Crippen molar-refractivity contribution in [2.75, 3.05) is 13.2 Å². The van der Waals surface area contributed by atoms with Crippen molar-refractivity contribution >= 4 is 7.60 Å². The van der Waals surface area contributed by atoms with Crippen LogP contribution in [0.15, 0.2) is 0 Å². The van der Waals surface area contributed by atoms with Crippen molar-refractivity contribution in [3.05, 3.63) is 0 Å². The molecule has 1 aliphatic rings. The number of hydrogen-bond acceptors (Lipinski definition) is 5. The van der Waals surface area contributed by atoms with Gasteiger partial charge in [0.1, 0.15) is 0 Å². The first kappa shape index (κ1) is 15.1. The normalized spacial score (nSPS) is 29.8. The van der Waals surface area contributed by atoms with Crippen LogP contribution in [-0.2, 0) is 18.8 Å². The molecule has 0 saturated carbocycles. The number of rotatable bonds is 5. The van der Waals surface area contributed by atoms with Gasteiger partial charge >= 0.3 is 7.60 Å². The van der Waals surface area contributed by atoms with Gasteiger partial charge in [-0.05, 0) is 34.1 Å². The molecule has 1 saturated heterocycles. The van der Waals surface area contributed by atoms with Crippen LogP contribution in [0.2, 0.25) is 0 Å². The summed E-state index contributed by atoms with van der Waals surface area (Å²) in [6.45, 7) is 6.91. The van der Waals surface area contributed by atoms with Gasteiger partial charge < -0.3 is 14.2 Å². The van der Waals surface area contributed by atoms with E-state index in [1.54, 1.807) is 27.7 Å². The van der Waals surface area contributed by atoms with Crippen molar-refractivity contribution in [3.63, 3.8) is 0 Å². The molecule has 0 spiro atoms. The third-order valence-electron chi connectivity index (χ3n) is 2.98. The molecule has 7 heteroatoms. The molecule has 1 fully saturated rings. The van der Waals surface area contributed by atoms with E-state index < -0.39 is 18.6 Å². The smallest absolute Gasteiger partial charge is 0.364 e. The van der Waals surface area contributed by atoms with Crippen LogP contribution >= 0.6 is 7.60 Å². The summed E-state index contributed by atoms with van der Waals surface area (Å²) in [6.07, 6.45) is 0.526. The summed E-state index contributed by atoms with van der Waals surface area (Å²) in [6, 6.07) is 0. The Balaban J connectivity index is 3.06. The minimum absolute atomic E-state index is 0.0841. The van der Waals surface area contributed by atoms with E-state index in [4.69, 9.17) is 9.05 Å². The number of hydroxylamine groups is 2. The SMILES string of the molecule is CCOP(=O)(OCC)C1(O)CCC(C)(C)N1[O]. The minimum Gasteiger partial charge on any atom is -0.364 e. The highest BCUT2D eigenvalue weighted by Gasteiger charge is 2.63. The number of hydrogen-bond donors (Lipinski definition) is 1. The van der Waals surface area contributed by atoms with Crippen molar-refractivity contribution in [2.45, 2.75) is 51.5 Å². The Kier molecular flexibility index (Phi) is 4.40. The Hall–Kier alpha value is 0.0300. The summed E-state index contributed by atoms with van der Waals surface area (Å²) >= 11 is 0. The molecule has 1 radical (unpaired) electrons. The first-order chi connectivity index (χ1) is 7.73. The van der Waals surface area contributed by atoms with Crippen LogP contribution in [0, 0.1) is 0 Å². The summed E-state index contributed by atoms with van der Waals surface area (Å²) in [5.41, 5.74) is -2.83. The van der Waals surface area contributed by atoms with Crippen molar-refractivity contribution in [3.8, 4) is 0 Å². The zero-order chi connectivity index (χ0) is 13.3. The molecule has 1 N–H and O–H groups in total. The van der Waals surface area contributed by atoms with Crippen LogP contribution in [0.5, 0.6) is 0 Å². The predicted octanol–water partition coefficient (Wildman–Crippen LogP) is 2.12. The monoisotopic (exact) mass is 266 g/mol. The second-order valence-electron chi connectivity index (χ2n) is 4.71. The quantitative estimate of drug-likeness (QED) is 0.771. The predicted molar refractivity (Wildman–Crippen MR) is 61.6 cm³/mol. The molecule has 0 aromatic rings. The van der Waals surface area contributed by atoms with Gasteiger partial charge in [0.2, 0.25) is 5.47 Å². The van der Waals surface area contributed by atoms with Gasteiger partial charge in [0.15, 0.2) is 0 Å². The molecular weight excluding hydrogens is 245 g/mol. The maximum absolute atomic E-state index is 12.5. The van der Waals surface area contributed by atoms with Gasteiger partial charge in [0.25, 0.3) is 0 Å². The topological polar surface area (TPSA) is 78.9 Å². The van der Waals surface area contributed by atoms with Crippen molar-refractivity contribution in [2.24, 2.45) is 0 Å². The lowest BCUT2D eigenvalue weighted by Crippen LogP contribution is -2.48. The van der Waals surface area contributed by atoms with Gasteiger partial charge in [-0.1, -0.05) is 0 Å². The Bertz CT molecular complexity index is 312. The fourth-order valence-electron chi connectivity index (χ4n) is 1.99. The molecular formula is C10H21NO5P. The minimum atomic E-state index is -3.85. The van der Waals surface area contributed by atoms with E-state index in [9.17, 15) is 14.9 Å². The first-order valence-corrected chi connectivity index (χ1v) is 7.37. The zero-order valence-corrected chi connectivity index (χ0v) is 11.7. The van der Waals surface area contributed by atoms with Gasteiger partial charge in [0, 0.05) is 12.0 Å². The van der Waals surface area contributed by atoms with Crippen molar-refractivity contribution < 1.29 is 23.9 Å². The Morgan fingerprint density at radius 1 is 1.24 bits per heavy atom. The molecule has 1 rings (SSSR count). The highest BCUT2D eigenvalue weighted by Crippen LogP contribution is 2.65. The standard InChI is InChI=1S/C10H21NO5P/c1-5-15-17(14,16-6-2)10(12)8-7-9(3,4)11(10)13/h12H,5-8H2,1-4H3. The van der Waals surface area contributed by atoms with Gasteiger partial charge in [-0.3, -0.25) is 4.57 Å². The highest BCUT2D eigenvalue weighted by molar-refractivity contribution is 7.55. The number of nitrogens with zero attached hydrogens (tertiary/aromatic N) is 1. The highest BCUT2D eigenvalue weighted by atomic mass is 31.2. The molecule has 1 heterocycles. The molecule has 1 unspecified atom stereocenters. The van der Waals surface area contributed by atoms with E-state index in [0.717, 1.165) is 0 Å². The molecule has 6 nitrogen and oxygen atoms in total. The second kappa shape index (κ2) is 4.96. The lowest BCUT2D eigenvalue weighted by atomic mass is 10.0. The van der Waals surface area contributed by atoms with Gasteiger partial charge in [0.05, 0.1) is 13.2 Å². The van der Waals surface area contributed by atoms with Gasteiger partial charge in [-0.2, -0.15) is 0 Å². The van der Waals surface area contributed by atoms with E-state index in [-0.39, 0.29) is 19.6 Å². The number of aliphatic hydroxyl groups is 1. The molecule has 17 heavy (non-hydrogen) atoms. The molecule has 0 bridgehead atoms. The average Bonchev–Trinajstić information content (AvgIpc) is 2.45. The van der Waals surface area contributed by atoms with Crippen LogP contribution in [0.25, 0.3) is 0 Å². The molecule has 1 aliphatic heterocycles. The lowest BCUT2D eigenvalue weighted by Gasteiger charge is -2.36. The van der Waals surface area contributed by atoms with Crippen LogP contribution in [-0.4, -0.2) is 34.4 Å². The second-order valence-corrected chi connectivity index (χ2v) is 6.94. The van der Waals surface area contributed by atoms with Crippen molar-refractivity contribution in [1.29, 1.82) is 0 Å². The van der Waals surface area contributed by atoms with Crippen LogP contribution in [0.3, 0.4) is 0 Å². The summed E-state index contributed by atoms with van der Waals surface area (Å²) in [5, 5.41) is 22.9. The molecule has 0 amide bonds. The van der Waals surface area contributed by atoms with Crippen LogP contribution < -0.4 is 0 Å². The summed E-state index contributed by atoms with van der Waals surface area (Å²) in [7, 11) is -3.85.